The lowest BCUT2D eigenvalue weighted by Gasteiger charge is -2.38. The minimum absolute atomic E-state index is 0.0198. The molecule has 1 fully saturated rings. The molecule has 0 aromatic carbocycles. The Balaban J connectivity index is 2.69. The standard InChI is InChI=1S/C13H28N2O/c1-12(2,3)11(14)10(8-16)15-7-6-13(4,5)9-15/h10-11,16H,6-9,14H2,1-5H3. The first-order valence-corrected chi connectivity index (χ1v) is 6.28. The van der Waals surface area contributed by atoms with Crippen LogP contribution in [0.3, 0.4) is 0 Å². The number of hydrogen-bond donors (Lipinski definition) is 2. The van der Waals surface area contributed by atoms with Crippen LogP contribution in [0.1, 0.15) is 41.0 Å². The maximum Gasteiger partial charge on any atom is 0.0602 e. The molecule has 3 heteroatoms. The van der Waals surface area contributed by atoms with E-state index in [-0.39, 0.29) is 24.1 Å². The van der Waals surface area contributed by atoms with Gasteiger partial charge in [-0.2, -0.15) is 0 Å². The SMILES string of the molecule is CC1(C)CCN(C(CO)C(N)C(C)(C)C)C1. The third kappa shape index (κ3) is 3.19. The molecule has 2 unspecified atom stereocenters. The van der Waals surface area contributed by atoms with E-state index in [0.717, 1.165) is 13.1 Å². The lowest BCUT2D eigenvalue weighted by atomic mass is 9.82. The highest BCUT2D eigenvalue weighted by atomic mass is 16.3. The molecule has 0 aromatic rings. The number of nitrogens with two attached hydrogens (primary N) is 1. The molecule has 0 aliphatic carbocycles. The molecule has 1 aliphatic rings. The molecule has 0 aromatic heterocycles. The number of aliphatic hydroxyl groups excluding tert-OH is 1. The quantitative estimate of drug-likeness (QED) is 0.769. The van der Waals surface area contributed by atoms with Gasteiger partial charge in [0.2, 0.25) is 0 Å². The van der Waals surface area contributed by atoms with Gasteiger partial charge in [0.25, 0.3) is 0 Å². The fourth-order valence-corrected chi connectivity index (χ4v) is 2.47. The monoisotopic (exact) mass is 228 g/mol. The van der Waals surface area contributed by atoms with Crippen LogP contribution in [-0.4, -0.2) is 41.8 Å². The van der Waals surface area contributed by atoms with Crippen LogP contribution in [-0.2, 0) is 0 Å². The fraction of sp³-hybridized carbons (Fsp3) is 1.00. The molecule has 2 atom stereocenters. The van der Waals surface area contributed by atoms with E-state index in [0.29, 0.717) is 5.41 Å². The summed E-state index contributed by atoms with van der Waals surface area (Å²) in [6, 6.07) is 0.119. The summed E-state index contributed by atoms with van der Waals surface area (Å²) in [4.78, 5) is 2.36. The summed E-state index contributed by atoms with van der Waals surface area (Å²) in [6.07, 6.45) is 1.19. The summed E-state index contributed by atoms with van der Waals surface area (Å²) < 4.78 is 0. The summed E-state index contributed by atoms with van der Waals surface area (Å²) in [6.45, 7) is 13.2. The van der Waals surface area contributed by atoms with Crippen LogP contribution < -0.4 is 5.73 Å². The molecule has 0 amide bonds. The zero-order valence-electron chi connectivity index (χ0n) is 11.5. The molecule has 16 heavy (non-hydrogen) atoms. The van der Waals surface area contributed by atoms with Gasteiger partial charge in [-0.15, -0.1) is 0 Å². The molecule has 1 heterocycles. The Morgan fingerprint density at radius 3 is 2.25 bits per heavy atom. The predicted molar refractivity (Wildman–Crippen MR) is 68.3 cm³/mol. The van der Waals surface area contributed by atoms with Gasteiger partial charge in [0.1, 0.15) is 0 Å². The molecule has 1 aliphatic heterocycles. The largest absolute Gasteiger partial charge is 0.395 e. The Morgan fingerprint density at radius 2 is 1.94 bits per heavy atom. The van der Waals surface area contributed by atoms with Crippen molar-refractivity contribution in [1.82, 2.24) is 4.90 Å². The molecule has 1 rings (SSSR count). The Morgan fingerprint density at radius 1 is 1.38 bits per heavy atom. The van der Waals surface area contributed by atoms with E-state index in [2.05, 4.69) is 39.5 Å². The molecule has 0 radical (unpaired) electrons. The second kappa shape index (κ2) is 4.63. The second-order valence-electron chi connectivity index (χ2n) is 7.03. The first-order valence-electron chi connectivity index (χ1n) is 6.28. The van der Waals surface area contributed by atoms with Crippen LogP contribution in [0, 0.1) is 10.8 Å². The molecule has 96 valence electrons. The van der Waals surface area contributed by atoms with E-state index in [4.69, 9.17) is 5.73 Å². The summed E-state index contributed by atoms with van der Waals surface area (Å²) in [5.41, 5.74) is 6.68. The van der Waals surface area contributed by atoms with Gasteiger partial charge >= 0.3 is 0 Å². The van der Waals surface area contributed by atoms with Gasteiger partial charge in [-0.3, -0.25) is 4.90 Å². The lowest BCUT2D eigenvalue weighted by Crippen LogP contribution is -2.55. The third-order valence-electron chi connectivity index (χ3n) is 3.78. The van der Waals surface area contributed by atoms with Gasteiger partial charge in [-0.1, -0.05) is 34.6 Å². The van der Waals surface area contributed by atoms with Crippen molar-refractivity contribution in [3.05, 3.63) is 0 Å². The highest BCUT2D eigenvalue weighted by molar-refractivity contribution is 4.94. The maximum absolute atomic E-state index is 9.57. The van der Waals surface area contributed by atoms with E-state index in [1.807, 2.05) is 0 Å². The molecule has 3 nitrogen and oxygen atoms in total. The van der Waals surface area contributed by atoms with Crippen molar-refractivity contribution in [3.8, 4) is 0 Å². The Kier molecular flexibility index (Phi) is 4.04. The van der Waals surface area contributed by atoms with Crippen LogP contribution >= 0.6 is 0 Å². The van der Waals surface area contributed by atoms with Crippen LogP contribution in [0.2, 0.25) is 0 Å². The minimum atomic E-state index is 0.0198. The molecule has 3 N–H and O–H groups in total. The number of hydrogen-bond acceptors (Lipinski definition) is 3. The Bertz CT molecular complexity index is 233. The lowest BCUT2D eigenvalue weighted by molar-refractivity contribution is 0.0810. The highest BCUT2D eigenvalue weighted by Crippen LogP contribution is 2.32. The number of rotatable bonds is 3. The summed E-state index contributed by atoms with van der Waals surface area (Å²) >= 11 is 0. The van der Waals surface area contributed by atoms with Crippen LogP contribution in [0.15, 0.2) is 0 Å². The fourth-order valence-electron chi connectivity index (χ4n) is 2.47. The normalized spacial score (nSPS) is 25.7. The van der Waals surface area contributed by atoms with Gasteiger partial charge in [0.05, 0.1) is 6.61 Å². The highest BCUT2D eigenvalue weighted by Gasteiger charge is 2.38. The van der Waals surface area contributed by atoms with Crippen molar-refractivity contribution >= 4 is 0 Å². The van der Waals surface area contributed by atoms with Crippen molar-refractivity contribution in [2.24, 2.45) is 16.6 Å². The molecule has 0 bridgehead atoms. The zero-order valence-corrected chi connectivity index (χ0v) is 11.5. The van der Waals surface area contributed by atoms with Crippen LogP contribution in [0.25, 0.3) is 0 Å². The van der Waals surface area contributed by atoms with E-state index in [9.17, 15) is 5.11 Å². The van der Waals surface area contributed by atoms with Crippen LogP contribution in [0.5, 0.6) is 0 Å². The number of nitrogens with zero attached hydrogens (tertiary/aromatic N) is 1. The van der Waals surface area contributed by atoms with Crippen molar-refractivity contribution in [2.75, 3.05) is 19.7 Å². The van der Waals surface area contributed by atoms with E-state index >= 15 is 0 Å². The van der Waals surface area contributed by atoms with Gasteiger partial charge in [0, 0.05) is 18.6 Å². The molecule has 1 saturated heterocycles. The molecular weight excluding hydrogens is 200 g/mol. The first-order chi connectivity index (χ1) is 7.17. The van der Waals surface area contributed by atoms with Crippen molar-refractivity contribution in [3.63, 3.8) is 0 Å². The van der Waals surface area contributed by atoms with Gasteiger partial charge in [-0.05, 0) is 23.8 Å². The Hall–Kier alpha value is -0.120. The average Bonchev–Trinajstić information content (AvgIpc) is 2.46. The van der Waals surface area contributed by atoms with Crippen LogP contribution in [0.4, 0.5) is 0 Å². The Labute approximate surface area is 100 Å². The van der Waals surface area contributed by atoms with Gasteiger partial charge < -0.3 is 10.8 Å². The molecular formula is C13H28N2O. The van der Waals surface area contributed by atoms with Crippen molar-refractivity contribution in [1.29, 1.82) is 0 Å². The smallest absolute Gasteiger partial charge is 0.0602 e. The van der Waals surface area contributed by atoms with E-state index < -0.39 is 0 Å². The summed E-state index contributed by atoms with van der Waals surface area (Å²) in [7, 11) is 0. The van der Waals surface area contributed by atoms with Crippen molar-refractivity contribution < 1.29 is 5.11 Å². The topological polar surface area (TPSA) is 49.5 Å². The minimum Gasteiger partial charge on any atom is -0.395 e. The first kappa shape index (κ1) is 13.9. The second-order valence-corrected chi connectivity index (χ2v) is 7.03. The number of likely N-dealkylation sites (tertiary alicyclic amines) is 1. The molecule has 0 spiro atoms. The average molecular weight is 228 g/mol. The zero-order chi connectivity index (χ0) is 12.6. The van der Waals surface area contributed by atoms with Crippen molar-refractivity contribution in [2.45, 2.75) is 53.1 Å². The summed E-state index contributed by atoms with van der Waals surface area (Å²) in [5.74, 6) is 0. The van der Waals surface area contributed by atoms with Gasteiger partial charge in [-0.25, -0.2) is 0 Å². The number of aliphatic hydroxyl groups is 1. The predicted octanol–water partition coefficient (Wildman–Crippen LogP) is 1.45. The summed E-state index contributed by atoms with van der Waals surface area (Å²) in [5, 5.41) is 9.57. The van der Waals surface area contributed by atoms with Gasteiger partial charge in [0.15, 0.2) is 0 Å². The van der Waals surface area contributed by atoms with E-state index in [1.165, 1.54) is 6.42 Å². The third-order valence-corrected chi connectivity index (χ3v) is 3.78. The maximum atomic E-state index is 9.57. The molecule has 0 saturated carbocycles. The van der Waals surface area contributed by atoms with E-state index in [1.54, 1.807) is 0 Å².